The molecule has 11 heteroatoms. The number of thiol groups is 1. The predicted octanol–water partition coefficient (Wildman–Crippen LogP) is 2.33. The lowest BCUT2D eigenvalue weighted by Gasteiger charge is -2.25. The lowest BCUT2D eigenvalue weighted by Crippen LogP contribution is -2.34. The Kier molecular flexibility index (Phi) is 7.30. The standard InChI is InChI=1S/C15H21NO8S2/c1-15(2,3)23-14(19)16(4)10-5-6-11(13(17)18)12(9-10)24-26(20,21)22-7-8-25/h5-6,9,25H,7-8H2,1-4H3,(H,17,18). The van der Waals surface area contributed by atoms with E-state index in [1.165, 1.54) is 13.1 Å². The monoisotopic (exact) mass is 407 g/mol. The van der Waals surface area contributed by atoms with Gasteiger partial charge in [-0.15, -0.1) is 0 Å². The fourth-order valence-corrected chi connectivity index (χ4v) is 2.58. The number of rotatable bonds is 7. The molecule has 0 saturated carbocycles. The van der Waals surface area contributed by atoms with Gasteiger partial charge in [0.15, 0.2) is 5.75 Å². The largest absolute Gasteiger partial charge is 0.478 e. The van der Waals surface area contributed by atoms with Crippen LogP contribution in [0.15, 0.2) is 18.2 Å². The number of hydrogen-bond donors (Lipinski definition) is 2. The number of amides is 1. The third-order valence-corrected chi connectivity index (χ3v) is 3.78. The number of anilines is 1. The summed E-state index contributed by atoms with van der Waals surface area (Å²) >= 11 is 3.81. The van der Waals surface area contributed by atoms with E-state index in [-0.39, 0.29) is 18.0 Å². The summed E-state index contributed by atoms with van der Waals surface area (Å²) in [4.78, 5) is 24.5. The minimum atomic E-state index is -4.49. The third kappa shape index (κ3) is 6.73. The number of nitrogens with zero attached hydrogens (tertiary/aromatic N) is 1. The molecule has 0 radical (unpaired) electrons. The molecule has 1 aromatic carbocycles. The number of aromatic carboxylic acids is 1. The average Bonchev–Trinajstić information content (AvgIpc) is 2.49. The van der Waals surface area contributed by atoms with Gasteiger partial charge in [0.05, 0.1) is 12.3 Å². The van der Waals surface area contributed by atoms with Crippen LogP contribution in [0.1, 0.15) is 31.1 Å². The van der Waals surface area contributed by atoms with Crippen LogP contribution in [0.3, 0.4) is 0 Å². The van der Waals surface area contributed by atoms with Crippen LogP contribution in [0.25, 0.3) is 0 Å². The summed E-state index contributed by atoms with van der Waals surface area (Å²) in [7, 11) is -3.10. The van der Waals surface area contributed by atoms with Crippen molar-refractivity contribution in [2.45, 2.75) is 26.4 Å². The molecule has 1 rings (SSSR count). The van der Waals surface area contributed by atoms with E-state index in [0.29, 0.717) is 0 Å². The Balaban J connectivity index is 3.19. The summed E-state index contributed by atoms with van der Waals surface area (Å²) in [6, 6.07) is 3.53. The molecule has 0 aliphatic rings. The van der Waals surface area contributed by atoms with Gasteiger partial charge in [0.25, 0.3) is 0 Å². The highest BCUT2D eigenvalue weighted by molar-refractivity contribution is 7.82. The number of carboxylic acid groups (broad SMARTS) is 1. The summed E-state index contributed by atoms with van der Waals surface area (Å²) in [6.45, 7) is 4.82. The molecular weight excluding hydrogens is 386 g/mol. The molecule has 0 bridgehead atoms. The van der Waals surface area contributed by atoms with E-state index >= 15 is 0 Å². The van der Waals surface area contributed by atoms with Crippen molar-refractivity contribution in [2.75, 3.05) is 24.3 Å². The summed E-state index contributed by atoms with van der Waals surface area (Å²) in [5, 5.41) is 9.20. The van der Waals surface area contributed by atoms with Gasteiger partial charge >= 0.3 is 22.5 Å². The molecule has 146 valence electrons. The first kappa shape index (κ1) is 22.1. The highest BCUT2D eigenvalue weighted by atomic mass is 32.3. The van der Waals surface area contributed by atoms with Crippen LogP contribution in [-0.4, -0.2) is 50.6 Å². The normalized spacial score (nSPS) is 11.7. The van der Waals surface area contributed by atoms with E-state index in [0.717, 1.165) is 17.0 Å². The third-order valence-electron chi connectivity index (χ3n) is 2.76. The van der Waals surface area contributed by atoms with Crippen molar-refractivity contribution in [3.05, 3.63) is 23.8 Å². The quantitative estimate of drug-likeness (QED) is 0.661. The Morgan fingerprint density at radius 2 is 1.88 bits per heavy atom. The molecule has 0 saturated heterocycles. The number of carbonyl (C=O) groups excluding carboxylic acids is 1. The first-order valence-corrected chi connectivity index (χ1v) is 9.36. The number of benzene rings is 1. The molecule has 1 N–H and O–H groups in total. The minimum Gasteiger partial charge on any atom is -0.478 e. The Labute approximate surface area is 157 Å². The minimum absolute atomic E-state index is 0.121. The lowest BCUT2D eigenvalue weighted by atomic mass is 10.1. The first-order valence-electron chi connectivity index (χ1n) is 7.40. The zero-order valence-electron chi connectivity index (χ0n) is 14.8. The van der Waals surface area contributed by atoms with Gasteiger partial charge in [-0.05, 0) is 32.9 Å². The van der Waals surface area contributed by atoms with Gasteiger partial charge in [-0.1, -0.05) is 0 Å². The van der Waals surface area contributed by atoms with Gasteiger partial charge in [-0.3, -0.25) is 4.90 Å². The molecule has 0 fully saturated rings. The second kappa shape index (κ2) is 8.60. The van der Waals surface area contributed by atoms with Crippen LogP contribution in [0.5, 0.6) is 5.75 Å². The van der Waals surface area contributed by atoms with E-state index in [4.69, 9.17) is 8.92 Å². The topological polar surface area (TPSA) is 119 Å². The maximum absolute atomic E-state index is 12.1. The number of ether oxygens (including phenoxy) is 1. The number of carbonyl (C=O) groups is 2. The Hall–Kier alpha value is -1.98. The summed E-state index contributed by atoms with van der Waals surface area (Å²) in [6.07, 6.45) is -0.708. The molecule has 0 unspecified atom stereocenters. The van der Waals surface area contributed by atoms with Crippen molar-refractivity contribution in [3.8, 4) is 5.75 Å². The molecular formula is C15H21NO8S2. The first-order chi connectivity index (χ1) is 11.9. The van der Waals surface area contributed by atoms with Gasteiger partial charge in [-0.25, -0.2) is 13.8 Å². The van der Waals surface area contributed by atoms with E-state index in [9.17, 15) is 23.1 Å². The van der Waals surface area contributed by atoms with Gasteiger partial charge in [0, 0.05) is 18.9 Å². The number of hydrogen-bond acceptors (Lipinski definition) is 8. The van der Waals surface area contributed by atoms with Crippen LogP contribution in [-0.2, 0) is 19.3 Å². The fourth-order valence-electron chi connectivity index (χ4n) is 1.67. The van der Waals surface area contributed by atoms with Gasteiger partial charge < -0.3 is 14.0 Å². The molecule has 0 aliphatic carbocycles. The zero-order chi connectivity index (χ0) is 20.1. The number of carboxylic acids is 1. The summed E-state index contributed by atoms with van der Waals surface area (Å²) in [5.41, 5.74) is -0.983. The fraction of sp³-hybridized carbons (Fsp3) is 0.467. The Morgan fingerprint density at radius 3 is 2.38 bits per heavy atom. The Morgan fingerprint density at radius 1 is 1.27 bits per heavy atom. The predicted molar refractivity (Wildman–Crippen MR) is 97.4 cm³/mol. The lowest BCUT2D eigenvalue weighted by molar-refractivity contribution is 0.0588. The second-order valence-corrected chi connectivity index (χ2v) is 7.73. The van der Waals surface area contributed by atoms with Gasteiger partial charge in [0.2, 0.25) is 0 Å². The molecule has 1 amide bonds. The van der Waals surface area contributed by atoms with Crippen LogP contribution in [0.2, 0.25) is 0 Å². The SMILES string of the molecule is CN(C(=O)OC(C)(C)C)c1ccc(C(=O)O)c(OS(=O)(=O)OCCS)c1. The average molecular weight is 407 g/mol. The molecule has 0 aliphatic heterocycles. The highest BCUT2D eigenvalue weighted by Crippen LogP contribution is 2.28. The molecule has 1 aromatic rings. The second-order valence-electron chi connectivity index (χ2n) is 6.06. The van der Waals surface area contributed by atoms with Gasteiger partial charge in [-0.2, -0.15) is 21.0 Å². The van der Waals surface area contributed by atoms with Gasteiger partial charge in [0.1, 0.15) is 11.2 Å². The molecule has 0 aromatic heterocycles. The van der Waals surface area contributed by atoms with Crippen molar-refractivity contribution < 1.29 is 36.2 Å². The van der Waals surface area contributed by atoms with Crippen molar-refractivity contribution >= 4 is 40.8 Å². The summed E-state index contributed by atoms with van der Waals surface area (Å²) in [5.74, 6) is -1.78. The van der Waals surface area contributed by atoms with E-state index in [1.807, 2.05) is 0 Å². The zero-order valence-corrected chi connectivity index (χ0v) is 16.5. The highest BCUT2D eigenvalue weighted by Gasteiger charge is 2.24. The van der Waals surface area contributed by atoms with Crippen molar-refractivity contribution in [2.24, 2.45) is 0 Å². The van der Waals surface area contributed by atoms with Crippen molar-refractivity contribution in [1.82, 2.24) is 0 Å². The van der Waals surface area contributed by atoms with Crippen LogP contribution >= 0.6 is 12.6 Å². The van der Waals surface area contributed by atoms with Crippen LogP contribution < -0.4 is 9.08 Å². The molecule has 9 nitrogen and oxygen atoms in total. The molecule has 0 heterocycles. The molecule has 0 atom stereocenters. The maximum Gasteiger partial charge on any atom is 0.449 e. The van der Waals surface area contributed by atoms with Crippen molar-refractivity contribution in [1.29, 1.82) is 0 Å². The summed E-state index contributed by atoms with van der Waals surface area (Å²) < 4.78 is 38.0. The molecule has 0 spiro atoms. The van der Waals surface area contributed by atoms with E-state index in [2.05, 4.69) is 16.8 Å². The van der Waals surface area contributed by atoms with E-state index in [1.54, 1.807) is 20.8 Å². The maximum atomic E-state index is 12.1. The molecule has 26 heavy (non-hydrogen) atoms. The van der Waals surface area contributed by atoms with E-state index < -0.39 is 39.4 Å². The van der Waals surface area contributed by atoms with Crippen LogP contribution in [0, 0.1) is 0 Å². The van der Waals surface area contributed by atoms with Crippen molar-refractivity contribution in [3.63, 3.8) is 0 Å². The Bertz CT molecular complexity index is 770. The smallest absolute Gasteiger partial charge is 0.449 e. The van der Waals surface area contributed by atoms with Crippen LogP contribution in [0.4, 0.5) is 10.5 Å².